The highest BCUT2D eigenvalue weighted by Crippen LogP contribution is 2.44. The van der Waals surface area contributed by atoms with Crippen LogP contribution < -0.4 is 11.0 Å². The van der Waals surface area contributed by atoms with Crippen molar-refractivity contribution < 1.29 is 32.6 Å². The molecule has 1 N–H and O–H groups in total. The number of nitrogens with one attached hydrogen (secondary N) is 1. The molecule has 1 amide bonds. The monoisotopic (exact) mass is 833 g/mol. The molecule has 1 fully saturated rings. The molecular weight excluding hydrogens is 775 g/mol. The van der Waals surface area contributed by atoms with E-state index in [-0.39, 0.29) is 42.2 Å². The van der Waals surface area contributed by atoms with Gasteiger partial charge in [-0.2, -0.15) is 4.98 Å². The summed E-state index contributed by atoms with van der Waals surface area (Å²) in [5.74, 6) is -0.459. The molecule has 1 aliphatic heterocycles. The van der Waals surface area contributed by atoms with Crippen LogP contribution >= 0.6 is 0 Å². The lowest BCUT2D eigenvalue weighted by molar-refractivity contribution is -0.156. The van der Waals surface area contributed by atoms with E-state index in [1.165, 1.54) is 23.0 Å². The maximum atomic E-state index is 14.0. The van der Waals surface area contributed by atoms with Gasteiger partial charge in [0, 0.05) is 24.1 Å². The lowest BCUT2D eigenvalue weighted by Gasteiger charge is -2.37. The number of carbonyl (C=O) groups excluding carboxylic acids is 2. The Morgan fingerprint density at radius 1 is 0.950 bits per heavy atom. The van der Waals surface area contributed by atoms with Crippen molar-refractivity contribution in [3.05, 3.63) is 112 Å². The Morgan fingerprint density at radius 3 is 2.25 bits per heavy atom. The fourth-order valence-corrected chi connectivity index (χ4v) is 8.84. The van der Waals surface area contributed by atoms with Gasteiger partial charge in [-0.05, 0) is 70.8 Å². The van der Waals surface area contributed by atoms with E-state index in [1.807, 2.05) is 56.3 Å². The maximum absolute atomic E-state index is 14.0. The summed E-state index contributed by atoms with van der Waals surface area (Å²) < 4.78 is 32.6. The summed E-state index contributed by atoms with van der Waals surface area (Å²) in [7, 11) is -2.25. The van der Waals surface area contributed by atoms with Crippen LogP contribution in [0.4, 0.5) is 4.79 Å². The fraction of sp³-hybridized carbons (Fsp3) is 0.458. The van der Waals surface area contributed by atoms with Crippen molar-refractivity contribution in [1.29, 1.82) is 0 Å². The van der Waals surface area contributed by atoms with Gasteiger partial charge in [-0.15, -0.1) is 0 Å². The quantitative estimate of drug-likeness (QED) is 0.0622. The summed E-state index contributed by atoms with van der Waals surface area (Å²) in [6, 6.07) is 25.4. The minimum Gasteiger partial charge on any atom is -0.458 e. The SMILES string of the molecule is CCCCCc1ccc(-c2cc3cn([C@H]4C[C@H](OC(=O)[C@@H](NC(=O)OCC5c6ccccc6-c6ccccc65)C(C)C)[C@@H](CO[Si](C)(C)C(C)(C)C)O4)c(=O)nc3o2)cc1. The zero-order chi connectivity index (χ0) is 42.8. The molecule has 1 saturated heterocycles. The number of benzene rings is 3. The zero-order valence-electron chi connectivity index (χ0n) is 36.2. The first-order valence-corrected chi connectivity index (χ1v) is 24.3. The number of fused-ring (bicyclic) bond motifs is 4. The third kappa shape index (κ3) is 9.30. The molecule has 60 heavy (non-hydrogen) atoms. The zero-order valence-corrected chi connectivity index (χ0v) is 37.2. The average molecular weight is 834 g/mol. The third-order valence-corrected chi connectivity index (χ3v) is 17.0. The number of aryl methyl sites for hydroxylation is 1. The third-order valence-electron chi connectivity index (χ3n) is 12.5. The summed E-state index contributed by atoms with van der Waals surface area (Å²) in [5, 5.41) is 3.34. The summed E-state index contributed by atoms with van der Waals surface area (Å²) in [4.78, 5) is 45.2. The Hall–Kier alpha value is -5.04. The van der Waals surface area contributed by atoms with E-state index in [1.54, 1.807) is 6.20 Å². The number of alkyl carbamates (subject to hydrolysis) is 1. The second-order valence-electron chi connectivity index (χ2n) is 18.1. The van der Waals surface area contributed by atoms with Gasteiger partial charge in [0.05, 0.1) is 12.0 Å². The Labute approximate surface area is 353 Å². The normalized spacial score (nSPS) is 18.4. The van der Waals surface area contributed by atoms with Gasteiger partial charge in [-0.1, -0.05) is 127 Å². The van der Waals surface area contributed by atoms with Gasteiger partial charge in [0.25, 0.3) is 0 Å². The van der Waals surface area contributed by atoms with Crippen molar-refractivity contribution in [1.82, 2.24) is 14.9 Å². The van der Waals surface area contributed by atoms with Gasteiger partial charge < -0.3 is 28.4 Å². The standard InChI is InChI=1S/C48H59N3O8Si/c1-9-10-11-16-31-21-23-32(24-22-31)39-25-33-27-51(46(53)50-44(33)58-39)42-26-40(41(57-42)29-56-60(7,8)48(4,5)6)59-45(52)43(30(2)3)49-47(54)55-28-38-36-19-14-12-17-34(36)35-18-13-15-20-37(35)38/h12-15,17-25,27,30,38,40-43H,9-11,16,26,28-29H2,1-8H3,(H,49,54)/t40-,41+,42+,43-/m0/s1. The largest absolute Gasteiger partial charge is 0.458 e. The summed E-state index contributed by atoms with van der Waals surface area (Å²) in [6.07, 6.45) is 3.44. The Balaban J connectivity index is 1.06. The van der Waals surface area contributed by atoms with E-state index >= 15 is 0 Å². The van der Waals surface area contributed by atoms with E-state index in [4.69, 9.17) is 23.1 Å². The summed E-state index contributed by atoms with van der Waals surface area (Å²) in [5.41, 5.74) is 6.29. The van der Waals surface area contributed by atoms with Crippen LogP contribution in [-0.2, 0) is 29.9 Å². The highest BCUT2D eigenvalue weighted by atomic mass is 28.4. The number of carbonyl (C=O) groups is 2. The van der Waals surface area contributed by atoms with Crippen LogP contribution in [0.15, 0.2) is 94.3 Å². The first kappa shape index (κ1) is 43.1. The van der Waals surface area contributed by atoms with E-state index in [9.17, 15) is 14.4 Å². The molecule has 0 unspecified atom stereocenters. The predicted molar refractivity (Wildman–Crippen MR) is 235 cm³/mol. The topological polar surface area (TPSA) is 131 Å². The highest BCUT2D eigenvalue weighted by molar-refractivity contribution is 6.74. The fourth-order valence-electron chi connectivity index (χ4n) is 7.83. The van der Waals surface area contributed by atoms with Crippen LogP contribution in [0.3, 0.4) is 0 Å². The van der Waals surface area contributed by atoms with Crippen LogP contribution in [0.1, 0.15) is 96.1 Å². The van der Waals surface area contributed by atoms with Crippen molar-refractivity contribution in [3.8, 4) is 22.5 Å². The molecular formula is C48H59N3O8Si. The summed E-state index contributed by atoms with van der Waals surface area (Å²) in [6.45, 7) is 16.9. The molecule has 2 aliphatic rings. The number of furan rings is 1. The van der Waals surface area contributed by atoms with Gasteiger partial charge >= 0.3 is 17.8 Å². The minimum atomic E-state index is -2.25. The van der Waals surface area contributed by atoms with Crippen molar-refractivity contribution in [2.45, 2.75) is 122 Å². The molecule has 5 aromatic rings. The molecule has 0 spiro atoms. The molecule has 3 heterocycles. The van der Waals surface area contributed by atoms with Gasteiger partial charge in [0.15, 0.2) is 8.32 Å². The Bertz CT molecular complexity index is 2320. The molecule has 2 aromatic heterocycles. The number of ether oxygens (including phenoxy) is 3. The van der Waals surface area contributed by atoms with Crippen molar-refractivity contribution >= 4 is 31.5 Å². The van der Waals surface area contributed by atoms with E-state index in [2.05, 4.69) is 87.5 Å². The summed E-state index contributed by atoms with van der Waals surface area (Å²) >= 11 is 0. The van der Waals surface area contributed by atoms with E-state index < -0.39 is 50.5 Å². The number of hydrogen-bond donors (Lipinski definition) is 1. The first-order valence-electron chi connectivity index (χ1n) is 21.4. The number of unbranched alkanes of at least 4 members (excludes halogenated alkanes) is 2. The second-order valence-corrected chi connectivity index (χ2v) is 22.9. The molecule has 4 atom stereocenters. The van der Waals surface area contributed by atoms with Gasteiger partial charge in [0.1, 0.15) is 36.8 Å². The van der Waals surface area contributed by atoms with Crippen LogP contribution in [0, 0.1) is 5.92 Å². The number of hydrogen-bond acceptors (Lipinski definition) is 9. The van der Waals surface area contributed by atoms with Gasteiger partial charge in [-0.3, -0.25) is 4.57 Å². The molecule has 1 aliphatic carbocycles. The average Bonchev–Trinajstić information content (AvgIpc) is 3.91. The molecule has 0 radical (unpaired) electrons. The van der Waals surface area contributed by atoms with Crippen LogP contribution in [0.5, 0.6) is 0 Å². The number of esters is 1. The van der Waals surface area contributed by atoms with Crippen LogP contribution in [-0.4, -0.2) is 61.4 Å². The number of aromatic nitrogens is 2. The molecule has 12 heteroatoms. The van der Waals surface area contributed by atoms with Crippen LogP contribution in [0.25, 0.3) is 33.6 Å². The van der Waals surface area contributed by atoms with E-state index in [0.717, 1.165) is 40.7 Å². The Kier molecular flexibility index (Phi) is 12.8. The second kappa shape index (κ2) is 17.9. The maximum Gasteiger partial charge on any atom is 0.407 e. The molecule has 7 rings (SSSR count). The minimum absolute atomic E-state index is 0.0763. The van der Waals surface area contributed by atoms with Gasteiger partial charge in [-0.25, -0.2) is 14.4 Å². The van der Waals surface area contributed by atoms with Crippen molar-refractivity contribution in [3.63, 3.8) is 0 Å². The molecule has 3 aromatic carbocycles. The van der Waals surface area contributed by atoms with Gasteiger partial charge in [0.2, 0.25) is 5.71 Å². The molecule has 0 bridgehead atoms. The van der Waals surface area contributed by atoms with E-state index in [0.29, 0.717) is 11.1 Å². The van der Waals surface area contributed by atoms with Crippen LogP contribution in [0.2, 0.25) is 18.1 Å². The van der Waals surface area contributed by atoms with Crippen molar-refractivity contribution in [2.24, 2.45) is 5.92 Å². The number of rotatable bonds is 15. The molecule has 0 saturated carbocycles. The first-order chi connectivity index (χ1) is 28.6. The highest BCUT2D eigenvalue weighted by Gasteiger charge is 2.44. The molecule has 318 valence electrons. The Morgan fingerprint density at radius 2 is 1.62 bits per heavy atom. The number of amides is 1. The lowest BCUT2D eigenvalue weighted by atomic mass is 9.98. The lowest BCUT2D eigenvalue weighted by Crippen LogP contribution is -2.48. The smallest absolute Gasteiger partial charge is 0.407 e. The number of nitrogens with zero attached hydrogens (tertiary/aromatic N) is 2. The van der Waals surface area contributed by atoms with Crippen molar-refractivity contribution in [2.75, 3.05) is 13.2 Å². The predicted octanol–water partition coefficient (Wildman–Crippen LogP) is 10.2. The molecule has 11 nitrogen and oxygen atoms in total.